The predicted molar refractivity (Wildman–Crippen MR) is 55.6 cm³/mol. The van der Waals surface area contributed by atoms with E-state index in [1.54, 1.807) is 0 Å². The van der Waals surface area contributed by atoms with Gasteiger partial charge in [-0.25, -0.2) is 0 Å². The van der Waals surface area contributed by atoms with Crippen LogP contribution < -0.4 is 5.73 Å². The van der Waals surface area contributed by atoms with E-state index in [4.69, 9.17) is 11.1 Å². The second-order valence-corrected chi connectivity index (χ2v) is 4.37. The van der Waals surface area contributed by atoms with Gasteiger partial charge in [-0.2, -0.15) is 18.3 Å². The summed E-state index contributed by atoms with van der Waals surface area (Å²) in [5.41, 5.74) is 4.19. The standard InChI is InChI=1S/C10H13F3N4/c11-10(12,13)9-7(3-8(14)15)5-17(16-9)4-6-1-2-6/h5-6H,1-4H2,(H3,14,15). The second kappa shape index (κ2) is 4.05. The monoisotopic (exact) mass is 246 g/mol. The highest BCUT2D eigenvalue weighted by Crippen LogP contribution is 2.33. The van der Waals surface area contributed by atoms with Crippen LogP contribution in [-0.2, 0) is 19.1 Å². The van der Waals surface area contributed by atoms with E-state index in [0.29, 0.717) is 12.5 Å². The predicted octanol–water partition coefficient (Wildman–Crippen LogP) is 1.79. The number of hydrogen-bond acceptors (Lipinski definition) is 2. The lowest BCUT2D eigenvalue weighted by molar-refractivity contribution is -0.142. The highest BCUT2D eigenvalue weighted by Gasteiger charge is 2.37. The van der Waals surface area contributed by atoms with Crippen LogP contribution in [0.3, 0.4) is 0 Å². The van der Waals surface area contributed by atoms with Gasteiger partial charge in [-0.3, -0.25) is 10.1 Å². The van der Waals surface area contributed by atoms with Gasteiger partial charge >= 0.3 is 6.18 Å². The van der Waals surface area contributed by atoms with E-state index in [0.717, 1.165) is 12.8 Å². The largest absolute Gasteiger partial charge is 0.435 e. The average Bonchev–Trinajstić information content (AvgIpc) is 2.85. The van der Waals surface area contributed by atoms with Crippen molar-refractivity contribution < 1.29 is 13.2 Å². The SMILES string of the molecule is N=C(N)Cc1cn(CC2CC2)nc1C(F)(F)F. The van der Waals surface area contributed by atoms with Gasteiger partial charge in [0.2, 0.25) is 0 Å². The lowest BCUT2D eigenvalue weighted by atomic mass is 10.1. The first-order valence-electron chi connectivity index (χ1n) is 5.32. The van der Waals surface area contributed by atoms with E-state index in [1.165, 1.54) is 10.9 Å². The van der Waals surface area contributed by atoms with E-state index in [9.17, 15) is 13.2 Å². The number of nitrogens with zero attached hydrogens (tertiary/aromatic N) is 2. The molecule has 1 aliphatic carbocycles. The zero-order chi connectivity index (χ0) is 12.6. The summed E-state index contributed by atoms with van der Waals surface area (Å²) in [4.78, 5) is 0. The Labute approximate surface area is 96.1 Å². The Balaban J connectivity index is 2.25. The fourth-order valence-corrected chi connectivity index (χ4v) is 1.69. The summed E-state index contributed by atoms with van der Waals surface area (Å²) in [6, 6.07) is 0. The van der Waals surface area contributed by atoms with Crippen LogP contribution in [0.15, 0.2) is 6.20 Å². The smallest absolute Gasteiger partial charge is 0.387 e. The number of rotatable bonds is 4. The molecule has 1 saturated carbocycles. The Morgan fingerprint density at radius 1 is 1.53 bits per heavy atom. The van der Waals surface area contributed by atoms with Crippen molar-refractivity contribution in [3.05, 3.63) is 17.5 Å². The molecule has 0 atom stereocenters. The summed E-state index contributed by atoms with van der Waals surface area (Å²) in [6.07, 6.45) is -1.26. The lowest BCUT2D eigenvalue weighted by Gasteiger charge is -2.04. The van der Waals surface area contributed by atoms with Gasteiger partial charge in [0.05, 0.1) is 5.84 Å². The lowest BCUT2D eigenvalue weighted by Crippen LogP contribution is -2.16. The first kappa shape index (κ1) is 11.9. The summed E-state index contributed by atoms with van der Waals surface area (Å²) in [7, 11) is 0. The van der Waals surface area contributed by atoms with Crippen molar-refractivity contribution in [3.8, 4) is 0 Å². The third-order valence-electron chi connectivity index (χ3n) is 2.63. The highest BCUT2D eigenvalue weighted by molar-refractivity contribution is 5.79. The normalized spacial score (nSPS) is 16.2. The Kier molecular flexibility index (Phi) is 2.84. The molecule has 0 radical (unpaired) electrons. The van der Waals surface area contributed by atoms with Crippen molar-refractivity contribution in [1.82, 2.24) is 9.78 Å². The zero-order valence-corrected chi connectivity index (χ0v) is 9.09. The molecule has 1 aliphatic rings. The number of nitrogens with two attached hydrogens (primary N) is 1. The molecule has 1 fully saturated rings. The number of hydrogen-bond donors (Lipinski definition) is 2. The number of halogens is 3. The molecule has 0 bridgehead atoms. The van der Waals surface area contributed by atoms with E-state index < -0.39 is 11.9 Å². The molecule has 17 heavy (non-hydrogen) atoms. The second-order valence-electron chi connectivity index (χ2n) is 4.37. The maximum Gasteiger partial charge on any atom is 0.435 e. The molecular formula is C10H13F3N4. The van der Waals surface area contributed by atoms with Crippen molar-refractivity contribution in [2.24, 2.45) is 11.7 Å². The number of alkyl halides is 3. The minimum Gasteiger partial charge on any atom is -0.387 e. The maximum atomic E-state index is 12.7. The fraction of sp³-hybridized carbons (Fsp3) is 0.600. The third kappa shape index (κ3) is 2.98. The van der Waals surface area contributed by atoms with Crippen molar-refractivity contribution >= 4 is 5.84 Å². The molecule has 0 unspecified atom stereocenters. The van der Waals surface area contributed by atoms with E-state index in [2.05, 4.69) is 5.10 Å². The van der Waals surface area contributed by atoms with Crippen LogP contribution in [0.2, 0.25) is 0 Å². The number of aromatic nitrogens is 2. The summed E-state index contributed by atoms with van der Waals surface area (Å²) >= 11 is 0. The summed E-state index contributed by atoms with van der Waals surface area (Å²) in [5, 5.41) is 10.6. The van der Waals surface area contributed by atoms with Gasteiger partial charge in [0.1, 0.15) is 0 Å². The van der Waals surface area contributed by atoms with Crippen molar-refractivity contribution in [3.63, 3.8) is 0 Å². The van der Waals surface area contributed by atoms with Gasteiger partial charge in [-0.15, -0.1) is 0 Å². The summed E-state index contributed by atoms with van der Waals surface area (Å²) in [5.74, 6) is 0.155. The minimum absolute atomic E-state index is 0.0225. The summed E-state index contributed by atoms with van der Waals surface area (Å²) < 4.78 is 39.4. The van der Waals surface area contributed by atoms with E-state index in [-0.39, 0.29) is 17.8 Å². The van der Waals surface area contributed by atoms with Gasteiger partial charge in [0, 0.05) is 24.7 Å². The molecule has 2 rings (SSSR count). The van der Waals surface area contributed by atoms with Crippen LogP contribution in [0.1, 0.15) is 24.1 Å². The topological polar surface area (TPSA) is 67.7 Å². The Hall–Kier alpha value is -1.53. The van der Waals surface area contributed by atoms with Gasteiger partial charge in [-0.1, -0.05) is 0 Å². The molecule has 7 heteroatoms. The minimum atomic E-state index is -4.49. The van der Waals surface area contributed by atoms with E-state index >= 15 is 0 Å². The van der Waals surface area contributed by atoms with Crippen LogP contribution in [0.4, 0.5) is 13.2 Å². The maximum absolute atomic E-state index is 12.7. The molecule has 0 spiro atoms. The van der Waals surface area contributed by atoms with Crippen molar-refractivity contribution in [2.45, 2.75) is 32.0 Å². The van der Waals surface area contributed by atoms with E-state index in [1.807, 2.05) is 0 Å². The molecule has 1 heterocycles. The first-order valence-corrected chi connectivity index (χ1v) is 5.32. The Bertz CT molecular complexity index is 431. The Morgan fingerprint density at radius 3 is 2.65 bits per heavy atom. The van der Waals surface area contributed by atoms with Gasteiger partial charge < -0.3 is 5.73 Å². The highest BCUT2D eigenvalue weighted by atomic mass is 19.4. The quantitative estimate of drug-likeness (QED) is 0.628. The van der Waals surface area contributed by atoms with Crippen molar-refractivity contribution in [2.75, 3.05) is 0 Å². The molecule has 1 aromatic heterocycles. The average molecular weight is 246 g/mol. The van der Waals surface area contributed by atoms with Crippen LogP contribution in [0.25, 0.3) is 0 Å². The van der Waals surface area contributed by atoms with Crippen LogP contribution >= 0.6 is 0 Å². The van der Waals surface area contributed by atoms with Crippen LogP contribution in [0, 0.1) is 11.3 Å². The molecule has 94 valence electrons. The molecular weight excluding hydrogens is 233 g/mol. The number of nitrogens with one attached hydrogen (secondary N) is 1. The molecule has 0 amide bonds. The zero-order valence-electron chi connectivity index (χ0n) is 9.09. The third-order valence-corrected chi connectivity index (χ3v) is 2.63. The molecule has 0 saturated heterocycles. The van der Waals surface area contributed by atoms with Crippen LogP contribution in [-0.4, -0.2) is 15.6 Å². The van der Waals surface area contributed by atoms with Crippen LogP contribution in [0.5, 0.6) is 0 Å². The summed E-state index contributed by atoms with van der Waals surface area (Å²) in [6.45, 7) is 0.515. The molecule has 0 aromatic carbocycles. The molecule has 0 aliphatic heterocycles. The van der Waals surface area contributed by atoms with Gasteiger partial charge in [0.25, 0.3) is 0 Å². The van der Waals surface area contributed by atoms with Crippen molar-refractivity contribution in [1.29, 1.82) is 5.41 Å². The van der Waals surface area contributed by atoms with Gasteiger partial charge in [-0.05, 0) is 18.8 Å². The molecule has 4 nitrogen and oxygen atoms in total. The molecule has 3 N–H and O–H groups in total. The first-order chi connectivity index (χ1) is 7.86. The number of amidine groups is 1. The molecule has 1 aromatic rings. The Morgan fingerprint density at radius 2 is 2.18 bits per heavy atom. The van der Waals surface area contributed by atoms with Gasteiger partial charge in [0.15, 0.2) is 5.69 Å². The fourth-order valence-electron chi connectivity index (χ4n) is 1.69.